The maximum Gasteiger partial charge on any atom is 0.333 e. The number of nitrogens with zero attached hydrogens (tertiary/aromatic N) is 14. The number of rotatable bonds is 24. The summed E-state index contributed by atoms with van der Waals surface area (Å²) in [5.41, 5.74) is 0.585. The fraction of sp³-hybridized carbons (Fsp3) is 0.492. The lowest BCUT2D eigenvalue weighted by atomic mass is 9.91. The highest BCUT2D eigenvalue weighted by Crippen LogP contribution is 2.37. The number of ketones is 1. The number of methoxy groups -OCH3 is 2. The number of halogens is 2. The molecule has 0 amide bonds. The SMILES string of the molecule is CC(C)N.COc1ccc(F)cc1[C@H](Cn1c(=O)n(C(C)(C)C(=O)CC(C)C)c(=O)c2c(C)c(-n3nccn3)sc21)OCCN1CC(C#N)C1.COc1ccc(F)cc1[C@H](Cn1c(=O)n(C(C)(C)C(=O)O)c(=O)c2c(C)c(-n3nccn3)sc21)OCCN1CC(C#N)C1. The normalized spacial score (nSPS) is 14.6. The fourth-order valence-corrected chi connectivity index (χ4v) is 13.3. The number of nitrogens with two attached hydrogens (primary N) is 1. The van der Waals surface area contributed by atoms with E-state index in [1.165, 1.54) is 119 Å². The van der Waals surface area contributed by atoms with Gasteiger partial charge in [-0.05, 0) is 89.9 Å². The second kappa shape index (κ2) is 29.6. The van der Waals surface area contributed by atoms with E-state index in [9.17, 15) is 42.7 Å². The molecular formula is C63H77F2N15O11S2. The van der Waals surface area contributed by atoms with Crippen molar-refractivity contribution in [2.75, 3.05) is 66.7 Å². The van der Waals surface area contributed by atoms with Gasteiger partial charge in [0.05, 0.1) is 100 Å². The van der Waals surface area contributed by atoms with E-state index in [1.54, 1.807) is 27.7 Å². The van der Waals surface area contributed by atoms with Crippen molar-refractivity contribution in [1.82, 2.24) is 58.1 Å². The first-order valence-corrected chi connectivity index (χ1v) is 31.7. The van der Waals surface area contributed by atoms with E-state index in [-0.39, 0.29) is 71.9 Å². The van der Waals surface area contributed by atoms with Crippen molar-refractivity contribution >= 4 is 54.9 Å². The van der Waals surface area contributed by atoms with Gasteiger partial charge < -0.3 is 29.8 Å². The largest absolute Gasteiger partial charge is 0.496 e. The molecule has 2 aromatic carbocycles. The molecule has 8 aromatic rings. The van der Waals surface area contributed by atoms with Crippen LogP contribution in [0.15, 0.2) is 80.4 Å². The molecule has 6 aromatic heterocycles. The highest BCUT2D eigenvalue weighted by molar-refractivity contribution is 7.21. The van der Waals surface area contributed by atoms with Gasteiger partial charge in [0.15, 0.2) is 5.78 Å². The van der Waals surface area contributed by atoms with Crippen molar-refractivity contribution in [2.24, 2.45) is 23.5 Å². The predicted molar refractivity (Wildman–Crippen MR) is 344 cm³/mol. The molecule has 0 aliphatic carbocycles. The molecule has 2 saturated heterocycles. The van der Waals surface area contributed by atoms with Gasteiger partial charge in [0, 0.05) is 67.9 Å². The minimum atomic E-state index is -1.90. The van der Waals surface area contributed by atoms with Crippen LogP contribution in [0.1, 0.15) is 96.3 Å². The third kappa shape index (κ3) is 15.1. The number of hydrogen-bond acceptors (Lipinski definition) is 21. The number of aromatic nitrogens is 10. The molecule has 93 heavy (non-hydrogen) atoms. The quantitative estimate of drug-likeness (QED) is 0.0654. The fourth-order valence-electron chi connectivity index (χ4n) is 10.9. The maximum atomic E-state index is 14.7. The van der Waals surface area contributed by atoms with E-state index in [2.05, 4.69) is 37.4 Å². The summed E-state index contributed by atoms with van der Waals surface area (Å²) in [5, 5.41) is 46.4. The zero-order valence-electron chi connectivity index (χ0n) is 54.0. The number of ether oxygens (including phenoxy) is 4. The average molecular weight is 1320 g/mol. The van der Waals surface area contributed by atoms with Crippen molar-refractivity contribution in [3.63, 3.8) is 0 Å². The number of likely N-dealkylation sites (tertiary alicyclic amines) is 2. The van der Waals surface area contributed by atoms with Gasteiger partial charge in [-0.25, -0.2) is 32.3 Å². The molecule has 0 saturated carbocycles. The van der Waals surface area contributed by atoms with Gasteiger partial charge in [-0.2, -0.15) is 30.9 Å². The summed E-state index contributed by atoms with van der Waals surface area (Å²) < 4.78 is 57.4. The van der Waals surface area contributed by atoms with E-state index >= 15 is 0 Å². The van der Waals surface area contributed by atoms with Gasteiger partial charge >= 0.3 is 17.3 Å². The lowest BCUT2D eigenvalue weighted by molar-refractivity contribution is -0.146. The van der Waals surface area contributed by atoms with Gasteiger partial charge in [-0.3, -0.25) is 33.3 Å². The van der Waals surface area contributed by atoms with Crippen LogP contribution >= 0.6 is 22.7 Å². The molecule has 8 heterocycles. The average Bonchev–Trinajstić information content (AvgIpc) is 1.66. The van der Waals surface area contributed by atoms with Crippen molar-refractivity contribution in [2.45, 2.75) is 118 Å². The number of carboxylic acids is 1. The van der Waals surface area contributed by atoms with Crippen molar-refractivity contribution in [3.8, 4) is 33.6 Å². The first-order valence-electron chi connectivity index (χ1n) is 30.1. The summed E-state index contributed by atoms with van der Waals surface area (Å²) >= 11 is 2.27. The number of hydrogen-bond donors (Lipinski definition) is 2. The van der Waals surface area contributed by atoms with Gasteiger partial charge in [-0.1, -0.05) is 50.4 Å². The van der Waals surface area contributed by atoms with Gasteiger partial charge in [0.2, 0.25) is 0 Å². The molecule has 2 aliphatic rings. The Hall–Kier alpha value is -8.62. The minimum absolute atomic E-state index is 0.0156. The van der Waals surface area contributed by atoms with E-state index in [1.807, 2.05) is 32.6 Å². The number of aliphatic carboxylic acids is 1. The number of fused-ring (bicyclic) bond motifs is 2. The number of benzene rings is 2. The zero-order chi connectivity index (χ0) is 68.0. The third-order valence-corrected chi connectivity index (χ3v) is 18.6. The van der Waals surface area contributed by atoms with E-state index in [0.717, 1.165) is 20.5 Å². The molecule has 0 radical (unpaired) electrons. The Kier molecular flexibility index (Phi) is 22.3. The van der Waals surface area contributed by atoms with Crippen LogP contribution in [0, 0.1) is 65.9 Å². The molecule has 26 nitrogen and oxygen atoms in total. The number of carbonyl (C=O) groups excluding carboxylic acids is 1. The van der Waals surface area contributed by atoms with Crippen molar-refractivity contribution in [1.29, 1.82) is 10.5 Å². The molecule has 0 unspecified atom stereocenters. The molecule has 10 rings (SSSR count). The van der Waals surface area contributed by atoms with Crippen LogP contribution < -0.4 is 37.7 Å². The monoisotopic (exact) mass is 1320 g/mol. The summed E-state index contributed by atoms with van der Waals surface area (Å²) in [6.07, 6.45) is 4.33. The van der Waals surface area contributed by atoms with Gasteiger partial charge in [-0.15, -0.1) is 9.59 Å². The summed E-state index contributed by atoms with van der Waals surface area (Å²) in [4.78, 5) is 89.8. The first-order chi connectivity index (χ1) is 44.1. The van der Waals surface area contributed by atoms with Crippen molar-refractivity contribution in [3.05, 3.63) is 137 Å². The molecular weight excluding hydrogens is 1240 g/mol. The van der Waals surface area contributed by atoms with Crippen LogP contribution in [0.25, 0.3) is 30.4 Å². The molecule has 2 fully saturated rings. The Morgan fingerprint density at radius 1 is 0.667 bits per heavy atom. The van der Waals surface area contributed by atoms with Crippen LogP contribution in [0.4, 0.5) is 8.78 Å². The van der Waals surface area contributed by atoms with E-state index in [0.29, 0.717) is 93.9 Å². The summed E-state index contributed by atoms with van der Waals surface area (Å²) in [5.74, 6) is -2.02. The van der Waals surface area contributed by atoms with Gasteiger partial charge in [0.1, 0.15) is 66.1 Å². The van der Waals surface area contributed by atoms with Crippen LogP contribution in [0.5, 0.6) is 11.5 Å². The molecule has 30 heteroatoms. The Balaban J connectivity index is 0.000000226. The Morgan fingerprint density at radius 3 is 1.37 bits per heavy atom. The van der Waals surface area contributed by atoms with Crippen LogP contribution in [-0.4, -0.2) is 148 Å². The Labute approximate surface area is 542 Å². The number of Topliss-reactive ketones (excluding diaryl/α,β-unsaturated/α-hetero) is 1. The summed E-state index contributed by atoms with van der Waals surface area (Å²) in [6, 6.07) is 12.9. The standard InChI is InChI=1S/C32H38FN7O5S.C28H30FN7O6S.C3H9N/c1-19(2)13-26(41)32(4,5)39-28(42)27-20(3)29(40-35-9-10-36-40)46-30(27)38(31(39)43)18-25(23-14-22(33)7-8-24(23)44-6)45-12-11-37-16-21(15-34)17-37;1-16-22-23(37)35(28(2,3)26(38)39)27(40)34(25(22)43-24(16)36-31-7-8-32-36)15-21(19-11-18(29)5-6-20(19)41-4)42-10-9-33-13-17(12-30)14-33;1-3(2)4/h7-10,14,19,21,25H,11-13,16-18H2,1-6H3;5-8,11,17,21H,9-10,13-15H2,1-4H3,(H,38,39);3H,4H2,1-2H3/t25-;21-;/m00./s1. The maximum absolute atomic E-state index is 14.7. The Bertz CT molecular complexity index is 4330. The second-order valence-corrected chi connectivity index (χ2v) is 26.4. The lowest BCUT2D eigenvalue weighted by Gasteiger charge is -2.35. The van der Waals surface area contributed by atoms with E-state index < -0.39 is 63.4 Å². The topological polar surface area (TPSA) is 321 Å². The van der Waals surface area contributed by atoms with Crippen molar-refractivity contribution < 1.29 is 42.4 Å². The summed E-state index contributed by atoms with van der Waals surface area (Å²) in [6.45, 7) is 20.5. The molecule has 496 valence electrons. The third-order valence-electron chi connectivity index (χ3n) is 16.0. The minimum Gasteiger partial charge on any atom is -0.496 e. The first kappa shape index (κ1) is 70.3. The smallest absolute Gasteiger partial charge is 0.333 e. The summed E-state index contributed by atoms with van der Waals surface area (Å²) in [7, 11) is 2.90. The molecule has 2 aliphatic heterocycles. The van der Waals surface area contributed by atoms with E-state index in [4.69, 9.17) is 35.2 Å². The molecule has 0 bridgehead atoms. The highest BCUT2D eigenvalue weighted by Gasteiger charge is 2.39. The number of thiophene rings is 2. The highest BCUT2D eigenvalue weighted by atomic mass is 32.1. The molecule has 3 N–H and O–H groups in total. The predicted octanol–water partition coefficient (Wildman–Crippen LogP) is 6.47. The number of carbonyl (C=O) groups is 2. The number of nitriles is 2. The van der Waals surface area contributed by atoms with Crippen LogP contribution in [0.3, 0.4) is 0 Å². The molecule has 0 spiro atoms. The van der Waals surface area contributed by atoms with Gasteiger partial charge in [0.25, 0.3) is 11.1 Å². The molecule has 2 atom stereocenters. The number of aryl methyl sites for hydroxylation is 2. The van der Waals surface area contributed by atoms with Crippen LogP contribution in [0.2, 0.25) is 0 Å². The Morgan fingerprint density at radius 2 is 1.03 bits per heavy atom. The zero-order valence-corrected chi connectivity index (χ0v) is 55.6. The van der Waals surface area contributed by atoms with Crippen LogP contribution in [-0.2, 0) is 43.2 Å². The lowest BCUT2D eigenvalue weighted by Crippen LogP contribution is -2.53. The second-order valence-electron chi connectivity index (χ2n) is 24.5. The number of carboxylic acid groups (broad SMARTS) is 1.